The molecule has 0 unspecified atom stereocenters. The van der Waals surface area contributed by atoms with Gasteiger partial charge in [-0.25, -0.2) is 0 Å². The number of para-hydroxylation sites is 1. The van der Waals surface area contributed by atoms with E-state index in [4.69, 9.17) is 11.8 Å². The highest BCUT2D eigenvalue weighted by Gasteiger charge is 1.95. The molecular weight excluding hydrogens is 166 g/mol. The topological polar surface area (TPSA) is 12.0 Å². The van der Waals surface area contributed by atoms with Crippen LogP contribution >= 0.6 is 23.5 Å². The highest BCUT2D eigenvalue weighted by molar-refractivity contribution is 7.98. The minimum atomic E-state index is 0.969. The van der Waals surface area contributed by atoms with Crippen molar-refractivity contribution < 1.29 is 0 Å². The van der Waals surface area contributed by atoms with E-state index in [1.807, 2.05) is 30.5 Å². The average Bonchev–Trinajstić information content (AvgIpc) is 2.04. The third-order valence-corrected chi connectivity index (χ3v) is 2.21. The number of hydrogen-bond donors (Lipinski definition) is 1. The summed E-state index contributed by atoms with van der Waals surface area (Å²) in [7, 11) is 0. The van der Waals surface area contributed by atoms with Crippen LogP contribution < -0.4 is 4.84 Å². The monoisotopic (exact) mass is 173 g/mol. The van der Waals surface area contributed by atoms with Crippen LogP contribution in [-0.4, -0.2) is 6.26 Å². The lowest BCUT2D eigenvalue weighted by atomic mass is 10.3. The van der Waals surface area contributed by atoms with Gasteiger partial charge in [0, 0.05) is 16.7 Å². The zero-order valence-electron chi connectivity index (χ0n) is 5.60. The first-order chi connectivity index (χ1) is 4.88. The molecule has 0 aliphatic rings. The summed E-state index contributed by atoms with van der Waals surface area (Å²) in [6, 6.07) is 7.90. The van der Waals surface area contributed by atoms with E-state index in [1.165, 1.54) is 0 Å². The van der Waals surface area contributed by atoms with E-state index < -0.39 is 0 Å². The van der Waals surface area contributed by atoms with Crippen LogP contribution in [0.25, 0.3) is 0 Å². The predicted octanol–water partition coefficient (Wildman–Crippen LogP) is 2.97. The molecule has 1 nitrogen and oxygen atoms in total. The molecule has 0 spiro atoms. The van der Waals surface area contributed by atoms with Crippen LogP contribution in [0.5, 0.6) is 0 Å². The molecule has 0 heterocycles. The normalized spacial score (nSPS) is 9.40. The zero-order chi connectivity index (χ0) is 7.40. The van der Waals surface area contributed by atoms with E-state index in [0.29, 0.717) is 0 Å². The van der Waals surface area contributed by atoms with Crippen molar-refractivity contribution in [3.8, 4) is 0 Å². The molecule has 1 N–H and O–H groups in total. The summed E-state index contributed by atoms with van der Waals surface area (Å²) in [6.45, 7) is 0. The molecule has 0 saturated carbocycles. The number of hydrogen-bond acceptors (Lipinski definition) is 2. The van der Waals surface area contributed by atoms with Gasteiger partial charge in [-0.15, -0.1) is 11.8 Å². The van der Waals surface area contributed by atoms with Gasteiger partial charge in [-0.2, -0.15) is 0 Å². The van der Waals surface area contributed by atoms with Crippen LogP contribution in [0.2, 0.25) is 0 Å². The molecule has 0 aromatic heterocycles. The smallest absolute Gasteiger partial charge is 0.0627 e. The summed E-state index contributed by atoms with van der Waals surface area (Å²) in [5.41, 5.74) is 0.969. The Kier molecular flexibility index (Phi) is 2.90. The van der Waals surface area contributed by atoms with E-state index in [1.54, 1.807) is 11.8 Å². The summed E-state index contributed by atoms with van der Waals surface area (Å²) in [4.78, 5) is 3.76. The van der Waals surface area contributed by atoms with Gasteiger partial charge < -0.3 is 0 Å². The van der Waals surface area contributed by atoms with Crippen LogP contribution in [0.1, 0.15) is 0 Å². The van der Waals surface area contributed by atoms with Crippen LogP contribution in [0.15, 0.2) is 29.2 Å². The lowest BCUT2D eigenvalue weighted by molar-refractivity contribution is 1.46. The Bertz CT molecular complexity index is 192. The molecule has 3 heteroatoms. The van der Waals surface area contributed by atoms with Crippen LogP contribution in [0.3, 0.4) is 0 Å². The summed E-state index contributed by atoms with van der Waals surface area (Å²) in [6.07, 6.45) is 2.02. The van der Waals surface area contributed by atoms with Crippen LogP contribution in [0.4, 0.5) is 5.69 Å². The predicted molar refractivity (Wildman–Crippen MR) is 47.7 cm³/mol. The second-order valence-corrected chi connectivity index (χ2v) is 2.83. The third-order valence-electron chi connectivity index (χ3n) is 1.21. The number of nitrogens with one attached hydrogen (secondary N) is 1. The Balaban J connectivity index is 2.96. The molecule has 0 aliphatic carbocycles. The molecule has 0 fully saturated rings. The van der Waals surface area contributed by atoms with Crippen molar-refractivity contribution in [1.82, 2.24) is 0 Å². The van der Waals surface area contributed by atoms with Gasteiger partial charge in [0.1, 0.15) is 0 Å². The molecule has 10 heavy (non-hydrogen) atoms. The van der Waals surface area contributed by atoms with Gasteiger partial charge in [0.05, 0.1) is 5.69 Å². The maximum absolute atomic E-state index is 5.45. The molecule has 0 atom stereocenters. The number of anilines is 1. The number of benzene rings is 1. The Labute approximate surface area is 69.9 Å². The Morgan fingerprint density at radius 3 is 2.60 bits per heavy atom. The summed E-state index contributed by atoms with van der Waals surface area (Å²) < 4.78 is 0. The molecule has 1 aromatic carbocycles. The van der Waals surface area contributed by atoms with E-state index in [9.17, 15) is 0 Å². The van der Waals surface area contributed by atoms with Crippen molar-refractivity contribution >= 4 is 29.2 Å². The lowest BCUT2D eigenvalue weighted by Gasteiger charge is -2.02. The second kappa shape index (κ2) is 3.74. The fourth-order valence-electron chi connectivity index (χ4n) is 0.723. The fourth-order valence-corrected chi connectivity index (χ4v) is 1.50. The molecule has 1 rings (SSSR count). The first kappa shape index (κ1) is 7.76. The average molecular weight is 174 g/mol. The number of rotatable bonds is 2. The largest absolute Gasteiger partial charge is 0.297 e. The summed E-state index contributed by atoms with van der Waals surface area (Å²) in [5, 5.41) is 0. The molecule has 0 radical (unpaired) electrons. The highest BCUT2D eigenvalue weighted by atomic mass is 35.5. The Hall–Kier alpha value is -0.340. The van der Waals surface area contributed by atoms with Crippen LogP contribution in [0, 0.1) is 0 Å². The van der Waals surface area contributed by atoms with Gasteiger partial charge >= 0.3 is 0 Å². The first-order valence-electron chi connectivity index (χ1n) is 2.88. The fraction of sp³-hybridized carbons (Fsp3) is 0.143. The van der Waals surface area contributed by atoms with Crippen molar-refractivity contribution in [2.45, 2.75) is 4.90 Å². The van der Waals surface area contributed by atoms with Crippen molar-refractivity contribution in [2.24, 2.45) is 0 Å². The number of halogens is 1. The Morgan fingerprint density at radius 2 is 2.10 bits per heavy atom. The Morgan fingerprint density at radius 1 is 1.40 bits per heavy atom. The van der Waals surface area contributed by atoms with E-state index in [0.717, 1.165) is 10.6 Å². The molecule has 0 saturated heterocycles. The van der Waals surface area contributed by atoms with Gasteiger partial charge in [0.25, 0.3) is 0 Å². The van der Waals surface area contributed by atoms with Crippen molar-refractivity contribution in [2.75, 3.05) is 11.1 Å². The van der Waals surface area contributed by atoms with E-state index >= 15 is 0 Å². The van der Waals surface area contributed by atoms with Crippen molar-refractivity contribution in [1.29, 1.82) is 0 Å². The van der Waals surface area contributed by atoms with Gasteiger partial charge in [-0.3, -0.25) is 4.84 Å². The summed E-state index contributed by atoms with van der Waals surface area (Å²) in [5.74, 6) is 0. The van der Waals surface area contributed by atoms with Gasteiger partial charge in [0.2, 0.25) is 0 Å². The number of thioether (sulfide) groups is 1. The van der Waals surface area contributed by atoms with E-state index in [-0.39, 0.29) is 0 Å². The maximum Gasteiger partial charge on any atom is 0.0627 e. The molecule has 0 bridgehead atoms. The molecular formula is C7H8ClNS. The quantitative estimate of drug-likeness (QED) is 0.545. The second-order valence-electron chi connectivity index (χ2n) is 1.79. The molecule has 0 aliphatic heterocycles. The maximum atomic E-state index is 5.45. The molecule has 54 valence electrons. The van der Waals surface area contributed by atoms with E-state index in [2.05, 4.69) is 4.84 Å². The molecule has 0 amide bonds. The first-order valence-corrected chi connectivity index (χ1v) is 4.48. The standard InChI is InChI=1S/C7H8ClNS/c1-10-7-5-3-2-4-6(7)9-8/h2-5,9H,1H3. The van der Waals surface area contributed by atoms with Crippen molar-refractivity contribution in [3.05, 3.63) is 24.3 Å². The SMILES string of the molecule is CSc1ccccc1NCl. The van der Waals surface area contributed by atoms with Gasteiger partial charge in [-0.1, -0.05) is 12.1 Å². The third kappa shape index (κ3) is 1.58. The van der Waals surface area contributed by atoms with Gasteiger partial charge in [-0.05, 0) is 18.4 Å². The minimum absolute atomic E-state index is 0.969. The van der Waals surface area contributed by atoms with Gasteiger partial charge in [0.15, 0.2) is 0 Å². The van der Waals surface area contributed by atoms with Crippen molar-refractivity contribution in [3.63, 3.8) is 0 Å². The van der Waals surface area contributed by atoms with Crippen LogP contribution in [-0.2, 0) is 0 Å². The minimum Gasteiger partial charge on any atom is -0.297 e. The highest BCUT2D eigenvalue weighted by Crippen LogP contribution is 2.24. The zero-order valence-corrected chi connectivity index (χ0v) is 7.17. The lowest BCUT2D eigenvalue weighted by Crippen LogP contribution is -1.81. The summed E-state index contributed by atoms with van der Waals surface area (Å²) >= 11 is 7.12. The molecule has 1 aromatic rings.